The molecule has 1 fully saturated rings. The van der Waals surface area contributed by atoms with Gasteiger partial charge >= 0.3 is 0 Å². The van der Waals surface area contributed by atoms with Crippen molar-refractivity contribution in [2.24, 2.45) is 5.73 Å². The molecule has 0 saturated carbocycles. The fourth-order valence-electron chi connectivity index (χ4n) is 2.19. The zero-order valence-corrected chi connectivity index (χ0v) is 11.6. The maximum absolute atomic E-state index is 5.72. The van der Waals surface area contributed by atoms with Crippen molar-refractivity contribution < 1.29 is 4.74 Å². The third kappa shape index (κ3) is 3.17. The molecular formula is C13H19N3OS. The number of nitrogens with zero attached hydrogens (tertiary/aromatic N) is 1. The van der Waals surface area contributed by atoms with Crippen molar-refractivity contribution in [1.82, 2.24) is 4.98 Å². The number of hydrogen-bond acceptors (Lipinski definition) is 4. The summed E-state index contributed by atoms with van der Waals surface area (Å²) in [6, 6.07) is 4.22. The molecule has 0 amide bonds. The Hall–Kier alpha value is -1.20. The van der Waals surface area contributed by atoms with Crippen molar-refractivity contribution in [3.63, 3.8) is 0 Å². The van der Waals surface area contributed by atoms with Crippen LogP contribution in [-0.4, -0.2) is 28.7 Å². The van der Waals surface area contributed by atoms with Crippen molar-refractivity contribution in [2.75, 3.05) is 11.9 Å². The highest BCUT2D eigenvalue weighted by atomic mass is 32.1. The summed E-state index contributed by atoms with van der Waals surface area (Å²) in [6.45, 7) is 4.83. The monoisotopic (exact) mass is 265 g/mol. The Kier molecular flexibility index (Phi) is 4.14. The second-order valence-corrected chi connectivity index (χ2v) is 5.20. The Morgan fingerprint density at radius 2 is 2.33 bits per heavy atom. The van der Waals surface area contributed by atoms with Crippen LogP contribution in [0.2, 0.25) is 0 Å². The molecule has 18 heavy (non-hydrogen) atoms. The van der Waals surface area contributed by atoms with Crippen LogP contribution in [-0.2, 0) is 4.74 Å². The van der Waals surface area contributed by atoms with E-state index in [0.717, 1.165) is 36.5 Å². The summed E-state index contributed by atoms with van der Waals surface area (Å²) >= 11 is 5.06. The van der Waals surface area contributed by atoms with Gasteiger partial charge in [0.2, 0.25) is 0 Å². The van der Waals surface area contributed by atoms with E-state index in [2.05, 4.69) is 17.2 Å². The molecule has 0 bridgehead atoms. The van der Waals surface area contributed by atoms with Gasteiger partial charge in [0.05, 0.1) is 11.7 Å². The van der Waals surface area contributed by atoms with Crippen LogP contribution in [0.5, 0.6) is 0 Å². The van der Waals surface area contributed by atoms with E-state index in [1.54, 1.807) is 0 Å². The highest BCUT2D eigenvalue weighted by Gasteiger charge is 2.20. The first kappa shape index (κ1) is 13.2. The minimum absolute atomic E-state index is 0.286. The van der Waals surface area contributed by atoms with E-state index in [0.29, 0.717) is 11.0 Å². The lowest BCUT2D eigenvalue weighted by molar-refractivity contribution is 0.0232. The van der Waals surface area contributed by atoms with Gasteiger partial charge in [-0.1, -0.05) is 12.2 Å². The molecule has 1 aromatic rings. The van der Waals surface area contributed by atoms with Gasteiger partial charge in [-0.3, -0.25) is 0 Å². The molecule has 1 aromatic heterocycles. The Balaban J connectivity index is 2.16. The Bertz CT molecular complexity index is 450. The molecule has 3 N–H and O–H groups in total. The fourth-order valence-corrected chi connectivity index (χ4v) is 2.35. The molecule has 2 rings (SSSR count). The molecule has 4 nitrogen and oxygen atoms in total. The summed E-state index contributed by atoms with van der Waals surface area (Å²) in [4.78, 5) is 4.87. The van der Waals surface area contributed by atoms with Crippen LogP contribution < -0.4 is 11.1 Å². The lowest BCUT2D eigenvalue weighted by Gasteiger charge is -2.29. The van der Waals surface area contributed by atoms with Crippen molar-refractivity contribution in [2.45, 2.75) is 38.8 Å². The maximum Gasteiger partial charge on any atom is 0.136 e. The number of thiocarbonyl (C=S) groups is 1. The van der Waals surface area contributed by atoms with E-state index in [4.69, 9.17) is 22.7 Å². The van der Waals surface area contributed by atoms with Crippen LogP contribution in [0.25, 0.3) is 0 Å². The average molecular weight is 265 g/mol. The average Bonchev–Trinajstić information content (AvgIpc) is 2.28. The molecule has 1 saturated heterocycles. The van der Waals surface area contributed by atoms with Gasteiger partial charge in [0, 0.05) is 18.3 Å². The van der Waals surface area contributed by atoms with E-state index in [1.165, 1.54) is 0 Å². The molecular weight excluding hydrogens is 246 g/mol. The zero-order chi connectivity index (χ0) is 13.1. The Morgan fingerprint density at radius 1 is 1.56 bits per heavy atom. The van der Waals surface area contributed by atoms with Gasteiger partial charge in [0.15, 0.2) is 0 Å². The lowest BCUT2D eigenvalue weighted by Crippen LogP contribution is -2.33. The summed E-state index contributed by atoms with van der Waals surface area (Å²) < 4.78 is 5.54. The predicted octanol–water partition coefficient (Wildman–Crippen LogP) is 2.00. The van der Waals surface area contributed by atoms with Crippen LogP contribution in [0, 0.1) is 6.92 Å². The molecule has 98 valence electrons. The molecule has 2 unspecified atom stereocenters. The third-order valence-electron chi connectivity index (χ3n) is 3.13. The van der Waals surface area contributed by atoms with Gasteiger partial charge in [-0.2, -0.15) is 0 Å². The first-order valence-electron chi connectivity index (χ1n) is 6.22. The second kappa shape index (κ2) is 5.63. The number of aromatic nitrogens is 1. The lowest BCUT2D eigenvalue weighted by atomic mass is 10.0. The van der Waals surface area contributed by atoms with Crippen molar-refractivity contribution in [3.8, 4) is 0 Å². The Morgan fingerprint density at radius 3 is 3.00 bits per heavy atom. The predicted molar refractivity (Wildman–Crippen MR) is 76.9 cm³/mol. The number of nitrogens with one attached hydrogen (secondary N) is 1. The minimum atomic E-state index is 0.286. The van der Waals surface area contributed by atoms with Crippen molar-refractivity contribution in [1.29, 1.82) is 0 Å². The van der Waals surface area contributed by atoms with Crippen LogP contribution in [0.4, 0.5) is 5.82 Å². The maximum atomic E-state index is 5.72. The topological polar surface area (TPSA) is 60.2 Å². The number of rotatable bonds is 3. The minimum Gasteiger partial charge on any atom is -0.389 e. The van der Waals surface area contributed by atoms with E-state index < -0.39 is 0 Å². The quantitative estimate of drug-likeness (QED) is 0.819. The smallest absolute Gasteiger partial charge is 0.136 e. The van der Waals surface area contributed by atoms with Crippen LogP contribution in [0.1, 0.15) is 31.0 Å². The van der Waals surface area contributed by atoms with E-state index in [9.17, 15) is 0 Å². The number of pyridine rings is 1. The molecule has 0 aromatic carbocycles. The molecule has 5 heteroatoms. The number of anilines is 1. The number of nitrogens with two attached hydrogens (primary N) is 1. The molecule has 1 aliphatic rings. The van der Waals surface area contributed by atoms with Gasteiger partial charge in [0.25, 0.3) is 0 Å². The van der Waals surface area contributed by atoms with Crippen molar-refractivity contribution >= 4 is 23.0 Å². The van der Waals surface area contributed by atoms with Gasteiger partial charge in [-0.25, -0.2) is 4.98 Å². The van der Waals surface area contributed by atoms with Crippen LogP contribution >= 0.6 is 12.2 Å². The van der Waals surface area contributed by atoms with E-state index in [-0.39, 0.29) is 6.10 Å². The summed E-state index contributed by atoms with van der Waals surface area (Å²) in [6.07, 6.45) is 2.25. The van der Waals surface area contributed by atoms with E-state index >= 15 is 0 Å². The number of aryl methyl sites for hydroxylation is 1. The SMILES string of the molecule is Cc1ccc(C(N)=S)c(NC2CCOC(C)C2)n1. The van der Waals surface area contributed by atoms with Crippen LogP contribution in [0.15, 0.2) is 12.1 Å². The highest BCUT2D eigenvalue weighted by Crippen LogP contribution is 2.20. The largest absolute Gasteiger partial charge is 0.389 e. The Labute approximate surface area is 113 Å². The molecule has 0 radical (unpaired) electrons. The highest BCUT2D eigenvalue weighted by molar-refractivity contribution is 7.80. The first-order chi connectivity index (χ1) is 8.56. The molecule has 2 atom stereocenters. The number of hydrogen-bond donors (Lipinski definition) is 2. The summed E-state index contributed by atoms with van der Waals surface area (Å²) in [5.74, 6) is 0.793. The molecule has 0 aliphatic carbocycles. The summed E-state index contributed by atoms with van der Waals surface area (Å²) in [5, 5.41) is 3.44. The first-order valence-corrected chi connectivity index (χ1v) is 6.62. The third-order valence-corrected chi connectivity index (χ3v) is 3.35. The molecule has 1 aliphatic heterocycles. The summed E-state index contributed by atoms with van der Waals surface area (Å²) in [5.41, 5.74) is 7.49. The van der Waals surface area contributed by atoms with E-state index in [1.807, 2.05) is 19.1 Å². The standard InChI is InChI=1S/C13H19N3OS/c1-8-3-4-11(12(14)18)13(15-8)16-10-5-6-17-9(2)7-10/h3-4,9-10H,5-7H2,1-2H3,(H2,14,18)(H,15,16). The molecule has 0 spiro atoms. The van der Waals surface area contributed by atoms with Crippen LogP contribution in [0.3, 0.4) is 0 Å². The zero-order valence-electron chi connectivity index (χ0n) is 10.8. The fraction of sp³-hybridized carbons (Fsp3) is 0.538. The van der Waals surface area contributed by atoms with Crippen molar-refractivity contribution in [3.05, 3.63) is 23.4 Å². The number of ether oxygens (including phenoxy) is 1. The summed E-state index contributed by atoms with van der Waals surface area (Å²) in [7, 11) is 0. The van der Waals surface area contributed by atoms with Gasteiger partial charge in [-0.15, -0.1) is 0 Å². The van der Waals surface area contributed by atoms with Gasteiger partial charge < -0.3 is 15.8 Å². The van der Waals surface area contributed by atoms with Gasteiger partial charge in [0.1, 0.15) is 10.8 Å². The second-order valence-electron chi connectivity index (χ2n) is 4.76. The normalized spacial score (nSPS) is 23.7. The van der Waals surface area contributed by atoms with Gasteiger partial charge in [-0.05, 0) is 38.8 Å². The molecule has 2 heterocycles.